The monoisotopic (exact) mass is 270 g/mol. The average molecular weight is 270 g/mol. The molecular formula is C15H18N4O. The quantitative estimate of drug-likeness (QED) is 0.823. The molecule has 2 aromatic rings. The summed E-state index contributed by atoms with van der Waals surface area (Å²) in [5.41, 5.74) is 1.85. The summed E-state index contributed by atoms with van der Waals surface area (Å²) < 4.78 is 0. The molecule has 0 saturated carbocycles. The van der Waals surface area contributed by atoms with Crippen molar-refractivity contribution in [1.82, 2.24) is 20.4 Å². The molecule has 2 aliphatic rings. The average Bonchev–Trinajstić information content (AvgIpc) is 2.89. The Balaban J connectivity index is 1.54. The van der Waals surface area contributed by atoms with Crippen LogP contribution in [0, 0.1) is 5.41 Å². The number of carbonyl (C=O) groups excluding carboxylic acids is 1. The van der Waals surface area contributed by atoms with Crippen molar-refractivity contribution in [1.29, 1.82) is 0 Å². The van der Waals surface area contributed by atoms with Crippen LogP contribution >= 0.6 is 0 Å². The molecule has 2 saturated heterocycles. The van der Waals surface area contributed by atoms with Gasteiger partial charge in [0.05, 0.1) is 5.52 Å². The van der Waals surface area contributed by atoms with Crippen molar-refractivity contribution in [3.05, 3.63) is 30.0 Å². The second-order valence-corrected chi connectivity index (χ2v) is 6.03. The van der Waals surface area contributed by atoms with Crippen molar-refractivity contribution in [2.75, 3.05) is 26.2 Å². The molecule has 4 rings (SSSR count). The summed E-state index contributed by atoms with van der Waals surface area (Å²) in [4.78, 5) is 14.5. The second kappa shape index (κ2) is 4.31. The molecular weight excluding hydrogens is 252 g/mol. The Labute approximate surface area is 117 Å². The molecule has 1 spiro atoms. The highest BCUT2D eigenvalue weighted by atomic mass is 16.2. The second-order valence-electron chi connectivity index (χ2n) is 6.03. The van der Waals surface area contributed by atoms with E-state index in [1.54, 1.807) is 0 Å². The fourth-order valence-electron chi connectivity index (χ4n) is 3.46. The van der Waals surface area contributed by atoms with Crippen molar-refractivity contribution in [3.63, 3.8) is 0 Å². The molecule has 2 aliphatic heterocycles. The predicted octanol–water partition coefficient (Wildman–Crippen LogP) is 1.39. The standard InChI is InChI=1S/C15H18N4O/c20-14(13-11-3-1-2-4-12(11)17-18-13)19-9-15(10-19)5-7-16-8-6-15/h1-4,16H,5-10H2,(H,17,18). The van der Waals surface area contributed by atoms with E-state index in [1.165, 1.54) is 12.8 Å². The summed E-state index contributed by atoms with van der Waals surface area (Å²) in [5.74, 6) is 0.0617. The minimum absolute atomic E-state index is 0.0617. The number of nitrogens with zero attached hydrogens (tertiary/aromatic N) is 2. The van der Waals surface area contributed by atoms with Crippen LogP contribution in [0.25, 0.3) is 10.9 Å². The molecule has 0 unspecified atom stereocenters. The van der Waals surface area contributed by atoms with Gasteiger partial charge in [-0.05, 0) is 32.0 Å². The number of aromatic amines is 1. The first kappa shape index (κ1) is 11.9. The number of benzene rings is 1. The molecule has 1 aromatic carbocycles. The molecule has 104 valence electrons. The Kier molecular flexibility index (Phi) is 2.57. The lowest BCUT2D eigenvalue weighted by atomic mass is 9.72. The van der Waals surface area contributed by atoms with E-state index in [0.29, 0.717) is 11.1 Å². The third-order valence-corrected chi connectivity index (χ3v) is 4.68. The van der Waals surface area contributed by atoms with E-state index in [1.807, 2.05) is 29.2 Å². The van der Waals surface area contributed by atoms with Crippen LogP contribution in [0.15, 0.2) is 24.3 Å². The van der Waals surface area contributed by atoms with Gasteiger partial charge in [-0.15, -0.1) is 0 Å². The first-order valence-corrected chi connectivity index (χ1v) is 7.21. The topological polar surface area (TPSA) is 61.0 Å². The van der Waals surface area contributed by atoms with Crippen LogP contribution in [0.5, 0.6) is 0 Å². The number of aromatic nitrogens is 2. The molecule has 0 radical (unpaired) electrons. The highest BCUT2D eigenvalue weighted by molar-refractivity contribution is 6.04. The zero-order valence-corrected chi connectivity index (χ0v) is 11.4. The number of para-hydroxylation sites is 1. The molecule has 0 atom stereocenters. The van der Waals surface area contributed by atoms with Gasteiger partial charge >= 0.3 is 0 Å². The third-order valence-electron chi connectivity index (χ3n) is 4.68. The Morgan fingerprint density at radius 1 is 1.20 bits per heavy atom. The van der Waals surface area contributed by atoms with E-state index in [-0.39, 0.29) is 5.91 Å². The summed E-state index contributed by atoms with van der Waals surface area (Å²) in [6.07, 6.45) is 2.36. The van der Waals surface area contributed by atoms with Gasteiger partial charge in [-0.1, -0.05) is 18.2 Å². The van der Waals surface area contributed by atoms with Crippen molar-refractivity contribution < 1.29 is 4.79 Å². The predicted molar refractivity (Wildman–Crippen MR) is 76.5 cm³/mol. The van der Waals surface area contributed by atoms with Crippen LogP contribution in [-0.2, 0) is 0 Å². The number of piperidine rings is 1. The molecule has 2 fully saturated rings. The van der Waals surface area contributed by atoms with E-state index in [4.69, 9.17) is 0 Å². The van der Waals surface area contributed by atoms with Crippen molar-refractivity contribution >= 4 is 16.8 Å². The van der Waals surface area contributed by atoms with Crippen molar-refractivity contribution in [3.8, 4) is 0 Å². The lowest BCUT2D eigenvalue weighted by molar-refractivity contribution is -0.0116. The maximum absolute atomic E-state index is 12.6. The fraction of sp³-hybridized carbons (Fsp3) is 0.467. The van der Waals surface area contributed by atoms with E-state index in [2.05, 4.69) is 15.5 Å². The number of nitrogens with one attached hydrogen (secondary N) is 2. The zero-order valence-electron chi connectivity index (χ0n) is 11.4. The number of likely N-dealkylation sites (tertiary alicyclic amines) is 1. The van der Waals surface area contributed by atoms with Gasteiger partial charge in [-0.25, -0.2) is 0 Å². The highest BCUT2D eigenvalue weighted by Gasteiger charge is 2.46. The minimum Gasteiger partial charge on any atom is -0.336 e. The van der Waals surface area contributed by atoms with E-state index in [0.717, 1.165) is 37.1 Å². The third kappa shape index (κ3) is 1.73. The zero-order chi connectivity index (χ0) is 13.6. The van der Waals surface area contributed by atoms with Gasteiger partial charge in [-0.2, -0.15) is 5.10 Å². The SMILES string of the molecule is O=C(c1n[nH]c2ccccc12)N1CC2(CCNCC2)C1. The minimum atomic E-state index is 0.0617. The van der Waals surface area contributed by atoms with Gasteiger partial charge in [0.25, 0.3) is 5.91 Å². The molecule has 1 amide bonds. The normalized spacial score (nSPS) is 21.1. The van der Waals surface area contributed by atoms with Crippen LogP contribution in [0.2, 0.25) is 0 Å². The fourth-order valence-corrected chi connectivity index (χ4v) is 3.46. The number of amides is 1. The lowest BCUT2D eigenvalue weighted by Gasteiger charge is -2.52. The smallest absolute Gasteiger partial charge is 0.275 e. The van der Waals surface area contributed by atoms with E-state index in [9.17, 15) is 4.79 Å². The van der Waals surface area contributed by atoms with Gasteiger partial charge in [0.2, 0.25) is 0 Å². The maximum Gasteiger partial charge on any atom is 0.275 e. The molecule has 3 heterocycles. The van der Waals surface area contributed by atoms with Crippen LogP contribution in [0.1, 0.15) is 23.3 Å². The lowest BCUT2D eigenvalue weighted by Crippen LogP contribution is -2.61. The Bertz CT molecular complexity index is 649. The van der Waals surface area contributed by atoms with Crippen LogP contribution in [0.3, 0.4) is 0 Å². The molecule has 20 heavy (non-hydrogen) atoms. The van der Waals surface area contributed by atoms with Gasteiger partial charge < -0.3 is 10.2 Å². The molecule has 5 nitrogen and oxygen atoms in total. The van der Waals surface area contributed by atoms with Crippen molar-refractivity contribution in [2.24, 2.45) is 5.41 Å². The summed E-state index contributed by atoms with van der Waals surface area (Å²) >= 11 is 0. The van der Waals surface area contributed by atoms with Gasteiger partial charge in [0, 0.05) is 23.9 Å². The first-order chi connectivity index (χ1) is 9.77. The van der Waals surface area contributed by atoms with Gasteiger partial charge in [0.15, 0.2) is 5.69 Å². The molecule has 5 heteroatoms. The summed E-state index contributed by atoms with van der Waals surface area (Å²) in [6.45, 7) is 3.92. The van der Waals surface area contributed by atoms with Crippen molar-refractivity contribution in [2.45, 2.75) is 12.8 Å². The summed E-state index contributed by atoms with van der Waals surface area (Å²) in [5, 5.41) is 11.4. The van der Waals surface area contributed by atoms with Crippen LogP contribution in [-0.4, -0.2) is 47.2 Å². The van der Waals surface area contributed by atoms with Gasteiger partial charge in [0.1, 0.15) is 0 Å². The molecule has 0 bridgehead atoms. The van der Waals surface area contributed by atoms with Crippen LogP contribution < -0.4 is 5.32 Å². The summed E-state index contributed by atoms with van der Waals surface area (Å²) in [7, 11) is 0. The highest BCUT2D eigenvalue weighted by Crippen LogP contribution is 2.39. The Morgan fingerprint density at radius 3 is 2.75 bits per heavy atom. The number of hydrogen-bond acceptors (Lipinski definition) is 3. The molecule has 1 aromatic heterocycles. The number of hydrogen-bond donors (Lipinski definition) is 2. The largest absolute Gasteiger partial charge is 0.336 e. The van der Waals surface area contributed by atoms with Crippen LogP contribution in [0.4, 0.5) is 0 Å². The number of fused-ring (bicyclic) bond motifs is 1. The Morgan fingerprint density at radius 2 is 1.95 bits per heavy atom. The summed E-state index contributed by atoms with van der Waals surface area (Å²) in [6, 6.07) is 7.79. The molecule has 2 N–H and O–H groups in total. The number of H-pyrrole nitrogens is 1. The number of rotatable bonds is 1. The molecule has 0 aliphatic carbocycles. The number of carbonyl (C=O) groups is 1. The maximum atomic E-state index is 12.6. The van der Waals surface area contributed by atoms with Gasteiger partial charge in [-0.3, -0.25) is 9.89 Å². The van der Waals surface area contributed by atoms with E-state index >= 15 is 0 Å². The Hall–Kier alpha value is -1.88. The first-order valence-electron chi connectivity index (χ1n) is 7.21. The van der Waals surface area contributed by atoms with E-state index < -0.39 is 0 Å².